The molecule has 0 saturated heterocycles. The molecule has 4 nitrogen and oxygen atoms in total. The average Bonchev–Trinajstić information content (AvgIpc) is 2.44. The quantitative estimate of drug-likeness (QED) is 0.805. The summed E-state index contributed by atoms with van der Waals surface area (Å²) in [6, 6.07) is 0.393. The Kier molecular flexibility index (Phi) is 2.50. The molecule has 2 heterocycles. The molecule has 0 radical (unpaired) electrons. The lowest BCUT2D eigenvalue weighted by Gasteiger charge is -2.24. The van der Waals surface area contributed by atoms with Crippen LogP contribution in [-0.2, 0) is 17.6 Å². The Hall–Kier alpha value is -1.32. The summed E-state index contributed by atoms with van der Waals surface area (Å²) in [7, 11) is 0. The number of carboxylic acids is 1. The number of aliphatic carboxylic acids is 1. The molecule has 4 heteroatoms. The summed E-state index contributed by atoms with van der Waals surface area (Å²) in [4.78, 5) is 15.1. The topological polar surface area (TPSA) is 55.1 Å². The minimum Gasteiger partial charge on any atom is -0.481 e. The van der Waals surface area contributed by atoms with Crippen molar-refractivity contribution < 1.29 is 9.90 Å². The van der Waals surface area contributed by atoms with Crippen molar-refractivity contribution in [2.24, 2.45) is 0 Å². The van der Waals surface area contributed by atoms with Crippen LogP contribution in [0, 0.1) is 6.92 Å². The van der Waals surface area contributed by atoms with Gasteiger partial charge in [-0.1, -0.05) is 0 Å². The third-order valence-corrected chi connectivity index (χ3v) is 3.07. The van der Waals surface area contributed by atoms with E-state index in [0.717, 1.165) is 18.5 Å². The number of rotatable bonds is 2. The monoisotopic (exact) mass is 208 g/mol. The van der Waals surface area contributed by atoms with Crippen LogP contribution in [0.1, 0.15) is 43.0 Å². The Morgan fingerprint density at radius 1 is 1.67 bits per heavy atom. The zero-order valence-corrected chi connectivity index (χ0v) is 9.16. The SMILES string of the molecule is Cc1nc(CC(=O)O)n2c1CCCC2C. The molecule has 0 aliphatic carbocycles. The molecular formula is C11H16N2O2. The summed E-state index contributed by atoms with van der Waals surface area (Å²) in [5.41, 5.74) is 2.22. The van der Waals surface area contributed by atoms with Gasteiger partial charge in [0.25, 0.3) is 0 Å². The van der Waals surface area contributed by atoms with Crippen molar-refractivity contribution >= 4 is 5.97 Å². The third kappa shape index (κ3) is 1.76. The molecular weight excluding hydrogens is 192 g/mol. The lowest BCUT2D eigenvalue weighted by atomic mass is 10.0. The fourth-order valence-corrected chi connectivity index (χ4v) is 2.42. The first-order valence-corrected chi connectivity index (χ1v) is 5.38. The Labute approximate surface area is 88.9 Å². The van der Waals surface area contributed by atoms with Crippen LogP contribution in [0.15, 0.2) is 0 Å². The maximum absolute atomic E-state index is 10.7. The van der Waals surface area contributed by atoms with E-state index in [4.69, 9.17) is 5.11 Å². The smallest absolute Gasteiger partial charge is 0.311 e. The number of nitrogens with zero attached hydrogens (tertiary/aromatic N) is 2. The molecule has 0 fully saturated rings. The normalized spacial score (nSPS) is 20.0. The molecule has 1 aliphatic rings. The number of imidazole rings is 1. The van der Waals surface area contributed by atoms with E-state index in [1.807, 2.05) is 6.92 Å². The predicted molar refractivity (Wildman–Crippen MR) is 56.0 cm³/mol. The molecule has 0 amide bonds. The molecule has 0 bridgehead atoms. The van der Waals surface area contributed by atoms with E-state index >= 15 is 0 Å². The molecule has 1 aliphatic heterocycles. The third-order valence-electron chi connectivity index (χ3n) is 3.07. The van der Waals surface area contributed by atoms with Gasteiger partial charge in [-0.25, -0.2) is 4.98 Å². The van der Waals surface area contributed by atoms with Crippen LogP contribution in [0.2, 0.25) is 0 Å². The first-order chi connectivity index (χ1) is 7.09. The molecule has 1 N–H and O–H groups in total. The highest BCUT2D eigenvalue weighted by molar-refractivity contribution is 5.69. The van der Waals surface area contributed by atoms with E-state index in [2.05, 4.69) is 16.5 Å². The standard InChI is InChI=1S/C11H16N2O2/c1-7-4-3-5-9-8(2)12-10(13(7)9)6-11(14)15/h7H,3-6H2,1-2H3,(H,14,15). The Balaban J connectivity index is 2.43. The molecule has 1 unspecified atom stereocenters. The van der Waals surface area contributed by atoms with E-state index in [-0.39, 0.29) is 6.42 Å². The second-order valence-corrected chi connectivity index (χ2v) is 4.24. The van der Waals surface area contributed by atoms with Gasteiger partial charge in [0, 0.05) is 11.7 Å². The molecule has 1 aromatic heterocycles. The maximum atomic E-state index is 10.7. The van der Waals surface area contributed by atoms with Crippen LogP contribution < -0.4 is 0 Å². The second kappa shape index (κ2) is 3.68. The number of hydrogen-bond donors (Lipinski definition) is 1. The molecule has 1 atom stereocenters. The van der Waals surface area contributed by atoms with Crippen LogP contribution in [-0.4, -0.2) is 20.6 Å². The second-order valence-electron chi connectivity index (χ2n) is 4.24. The molecule has 82 valence electrons. The van der Waals surface area contributed by atoms with Crippen LogP contribution in [0.5, 0.6) is 0 Å². The van der Waals surface area contributed by atoms with E-state index in [9.17, 15) is 4.79 Å². The van der Waals surface area contributed by atoms with Crippen LogP contribution in [0.4, 0.5) is 0 Å². The summed E-state index contributed by atoms with van der Waals surface area (Å²) < 4.78 is 2.12. The van der Waals surface area contributed by atoms with Crippen molar-refractivity contribution in [1.29, 1.82) is 0 Å². The summed E-state index contributed by atoms with van der Waals surface area (Å²) in [6.07, 6.45) is 3.36. The Bertz CT molecular complexity index is 396. The molecule has 0 spiro atoms. The molecule has 0 saturated carbocycles. The molecule has 2 rings (SSSR count). The number of aryl methyl sites for hydroxylation is 1. The first-order valence-electron chi connectivity index (χ1n) is 5.38. The van der Waals surface area contributed by atoms with E-state index < -0.39 is 5.97 Å². The predicted octanol–water partition coefficient (Wildman–Crippen LogP) is 1.72. The van der Waals surface area contributed by atoms with Gasteiger partial charge in [0.1, 0.15) is 12.2 Å². The van der Waals surface area contributed by atoms with Gasteiger partial charge in [-0.05, 0) is 33.1 Å². The van der Waals surface area contributed by atoms with Gasteiger partial charge in [-0.3, -0.25) is 4.79 Å². The summed E-state index contributed by atoms with van der Waals surface area (Å²) in [5.74, 6) is -0.0947. The van der Waals surface area contributed by atoms with Crippen LogP contribution in [0.3, 0.4) is 0 Å². The largest absolute Gasteiger partial charge is 0.481 e. The minimum atomic E-state index is -0.805. The zero-order chi connectivity index (χ0) is 11.0. The summed E-state index contributed by atoms with van der Waals surface area (Å²) in [5, 5.41) is 8.81. The highest BCUT2D eigenvalue weighted by Gasteiger charge is 2.23. The molecule has 15 heavy (non-hydrogen) atoms. The van der Waals surface area contributed by atoms with E-state index in [0.29, 0.717) is 11.9 Å². The van der Waals surface area contributed by atoms with Crippen molar-refractivity contribution in [2.45, 2.75) is 45.6 Å². The lowest BCUT2D eigenvalue weighted by molar-refractivity contribution is -0.136. The maximum Gasteiger partial charge on any atom is 0.311 e. The lowest BCUT2D eigenvalue weighted by Crippen LogP contribution is -2.19. The van der Waals surface area contributed by atoms with Crippen molar-refractivity contribution in [3.8, 4) is 0 Å². The highest BCUT2D eigenvalue weighted by Crippen LogP contribution is 2.28. The van der Waals surface area contributed by atoms with Crippen LogP contribution >= 0.6 is 0 Å². The number of carbonyl (C=O) groups is 1. The van der Waals surface area contributed by atoms with Gasteiger partial charge >= 0.3 is 5.97 Å². The minimum absolute atomic E-state index is 0.0329. The fraction of sp³-hybridized carbons (Fsp3) is 0.636. The van der Waals surface area contributed by atoms with Gasteiger partial charge in [0.05, 0.1) is 5.69 Å². The fourth-order valence-electron chi connectivity index (χ4n) is 2.42. The number of aromatic nitrogens is 2. The van der Waals surface area contributed by atoms with E-state index in [1.54, 1.807) is 0 Å². The first kappa shape index (κ1) is 10.2. The molecule has 0 aromatic carbocycles. The van der Waals surface area contributed by atoms with E-state index in [1.165, 1.54) is 12.1 Å². The van der Waals surface area contributed by atoms with Crippen molar-refractivity contribution in [2.75, 3.05) is 0 Å². The highest BCUT2D eigenvalue weighted by atomic mass is 16.4. The van der Waals surface area contributed by atoms with Crippen molar-refractivity contribution in [3.63, 3.8) is 0 Å². The number of carboxylic acid groups (broad SMARTS) is 1. The zero-order valence-electron chi connectivity index (χ0n) is 9.16. The Morgan fingerprint density at radius 2 is 2.40 bits per heavy atom. The van der Waals surface area contributed by atoms with Gasteiger partial charge < -0.3 is 9.67 Å². The van der Waals surface area contributed by atoms with Crippen molar-refractivity contribution in [1.82, 2.24) is 9.55 Å². The average molecular weight is 208 g/mol. The van der Waals surface area contributed by atoms with Gasteiger partial charge in [0.15, 0.2) is 0 Å². The van der Waals surface area contributed by atoms with Crippen molar-refractivity contribution in [3.05, 3.63) is 17.2 Å². The van der Waals surface area contributed by atoms with Gasteiger partial charge in [0.2, 0.25) is 0 Å². The van der Waals surface area contributed by atoms with Gasteiger partial charge in [-0.15, -0.1) is 0 Å². The van der Waals surface area contributed by atoms with Gasteiger partial charge in [-0.2, -0.15) is 0 Å². The molecule has 1 aromatic rings. The summed E-state index contributed by atoms with van der Waals surface area (Å²) >= 11 is 0. The number of fused-ring (bicyclic) bond motifs is 1. The summed E-state index contributed by atoms with van der Waals surface area (Å²) in [6.45, 7) is 4.10. The Morgan fingerprint density at radius 3 is 3.07 bits per heavy atom. The number of hydrogen-bond acceptors (Lipinski definition) is 2. The van der Waals surface area contributed by atoms with Crippen LogP contribution in [0.25, 0.3) is 0 Å².